The van der Waals surface area contributed by atoms with E-state index < -0.39 is 21.6 Å². The van der Waals surface area contributed by atoms with Gasteiger partial charge in [0.1, 0.15) is 27.9 Å². The monoisotopic (exact) mass is 875 g/mol. The minimum absolute atomic E-state index is 0.00500. The van der Waals surface area contributed by atoms with Gasteiger partial charge in [-0.1, -0.05) is 60.8 Å². The number of nitrogens with zero attached hydrogens (tertiary/aromatic N) is 4. The van der Waals surface area contributed by atoms with Crippen LogP contribution in [0.3, 0.4) is 0 Å². The zero-order valence-corrected chi connectivity index (χ0v) is 35.9. The lowest BCUT2D eigenvalue weighted by atomic mass is 9.72. The molecule has 2 saturated heterocycles. The highest BCUT2D eigenvalue weighted by Crippen LogP contribution is 2.43. The Kier molecular flexibility index (Phi) is 12.1. The molecule has 0 saturated carbocycles. The molecule has 0 unspecified atom stereocenters. The number of anilines is 2. The topological polar surface area (TPSA) is 142 Å². The number of carbonyl (C=O) groups is 1. The van der Waals surface area contributed by atoms with Crippen LogP contribution in [0.25, 0.3) is 16.5 Å². The highest BCUT2D eigenvalue weighted by Gasteiger charge is 2.33. The molecule has 3 N–H and O–H groups in total. The number of rotatable bonds is 12. The Morgan fingerprint density at radius 3 is 2.48 bits per heavy atom. The van der Waals surface area contributed by atoms with Gasteiger partial charge in [0.25, 0.3) is 15.9 Å². The third kappa shape index (κ3) is 9.58. The van der Waals surface area contributed by atoms with Crippen LogP contribution in [-0.2, 0) is 14.8 Å². The Bertz CT molecular complexity index is 2520. The van der Waals surface area contributed by atoms with Gasteiger partial charge in [-0.3, -0.25) is 14.8 Å². The summed E-state index contributed by atoms with van der Waals surface area (Å²) in [6.07, 6.45) is 6.37. The maximum absolute atomic E-state index is 15.1. The zero-order valence-electron chi connectivity index (χ0n) is 33.6. The number of sulfonamides is 1. The van der Waals surface area contributed by atoms with Gasteiger partial charge in [-0.15, -0.1) is 0 Å². The first-order valence-electron chi connectivity index (χ1n) is 20.2. The van der Waals surface area contributed by atoms with E-state index in [-0.39, 0.29) is 51.9 Å². The van der Waals surface area contributed by atoms with Gasteiger partial charge in [0.15, 0.2) is 0 Å². The van der Waals surface area contributed by atoms with Crippen LogP contribution < -0.4 is 19.7 Å². The molecule has 2 aromatic heterocycles. The summed E-state index contributed by atoms with van der Waals surface area (Å²) in [4.78, 5) is 22.4. The van der Waals surface area contributed by atoms with Crippen LogP contribution in [0.1, 0.15) is 61.9 Å². The zero-order chi connectivity index (χ0) is 42.1. The molecule has 60 heavy (non-hydrogen) atoms. The largest absolute Gasteiger partial charge is 0.456 e. The SMILES string of the molecule is CC1(C)CCC(CN2CCN(c3ccc(C(=O)NS(=O)(=O)c4cnc(NCC5(F)CCOCC5)c(Cl)c4)c(Oc4cccc5[nH]ncc45)c3)CC2)=C(c2ccc(Cl)cc2)C1. The summed E-state index contributed by atoms with van der Waals surface area (Å²) in [6, 6.07) is 19.9. The minimum Gasteiger partial charge on any atom is -0.456 e. The predicted octanol–water partition coefficient (Wildman–Crippen LogP) is 8.89. The second-order valence-corrected chi connectivity index (χ2v) is 19.1. The van der Waals surface area contributed by atoms with Crippen molar-refractivity contribution in [3.8, 4) is 11.5 Å². The van der Waals surface area contributed by atoms with Gasteiger partial charge in [0.2, 0.25) is 0 Å². The molecular weight excluding hydrogens is 828 g/mol. The number of nitrogens with one attached hydrogen (secondary N) is 3. The van der Waals surface area contributed by atoms with E-state index in [9.17, 15) is 13.2 Å². The molecular formula is C44H48Cl2FN7O5S. The molecule has 1 aliphatic carbocycles. The summed E-state index contributed by atoms with van der Waals surface area (Å²) >= 11 is 12.6. The summed E-state index contributed by atoms with van der Waals surface area (Å²) in [5.74, 6) is -0.166. The number of hydrogen-bond donors (Lipinski definition) is 3. The minimum atomic E-state index is -4.45. The fourth-order valence-electron chi connectivity index (χ4n) is 8.12. The number of ether oxygens (including phenoxy) is 2. The number of alkyl halides is 1. The first-order valence-corrected chi connectivity index (χ1v) is 22.4. The van der Waals surface area contributed by atoms with Gasteiger partial charge in [0, 0.05) is 81.8 Å². The van der Waals surface area contributed by atoms with Crippen molar-refractivity contribution >= 4 is 67.1 Å². The molecule has 4 heterocycles. The lowest BCUT2D eigenvalue weighted by Crippen LogP contribution is -2.47. The number of fused-ring (bicyclic) bond motifs is 1. The van der Waals surface area contributed by atoms with E-state index in [4.69, 9.17) is 32.7 Å². The highest BCUT2D eigenvalue weighted by molar-refractivity contribution is 7.90. The number of H-pyrrole nitrogens is 1. The maximum atomic E-state index is 15.1. The summed E-state index contributed by atoms with van der Waals surface area (Å²) in [5.41, 5.74) is 4.44. The molecule has 3 aromatic carbocycles. The molecule has 12 nitrogen and oxygen atoms in total. The number of allylic oxidation sites excluding steroid dienone is 1. The quantitative estimate of drug-likeness (QED) is 0.111. The van der Waals surface area contributed by atoms with Crippen molar-refractivity contribution in [1.29, 1.82) is 0 Å². The predicted molar refractivity (Wildman–Crippen MR) is 234 cm³/mol. The van der Waals surface area contributed by atoms with Crippen LogP contribution in [0.5, 0.6) is 11.5 Å². The molecule has 0 spiro atoms. The number of hydrogen-bond acceptors (Lipinski definition) is 10. The van der Waals surface area contributed by atoms with Gasteiger partial charge in [-0.25, -0.2) is 22.5 Å². The molecule has 316 valence electrons. The van der Waals surface area contributed by atoms with Gasteiger partial charge in [0.05, 0.1) is 34.2 Å². The molecule has 16 heteroatoms. The molecule has 2 aliphatic heterocycles. The number of aromatic amines is 1. The number of piperazine rings is 1. The molecule has 2 fully saturated rings. The second kappa shape index (κ2) is 17.3. The van der Waals surface area contributed by atoms with Crippen LogP contribution in [0, 0.1) is 5.41 Å². The Morgan fingerprint density at radius 1 is 0.967 bits per heavy atom. The second-order valence-electron chi connectivity index (χ2n) is 16.6. The number of carbonyl (C=O) groups excluding carboxylic acids is 1. The molecule has 1 amide bonds. The number of benzene rings is 3. The van der Waals surface area contributed by atoms with E-state index in [1.54, 1.807) is 30.5 Å². The summed E-state index contributed by atoms with van der Waals surface area (Å²) in [6.45, 7) is 9.28. The lowest BCUT2D eigenvalue weighted by Gasteiger charge is -2.39. The van der Waals surface area contributed by atoms with Crippen molar-refractivity contribution in [2.75, 3.05) is 62.7 Å². The van der Waals surface area contributed by atoms with E-state index in [1.165, 1.54) is 22.8 Å². The molecule has 3 aliphatic rings. The summed E-state index contributed by atoms with van der Waals surface area (Å²) in [7, 11) is -4.45. The van der Waals surface area contributed by atoms with E-state index in [1.807, 2.05) is 24.3 Å². The Hall–Kier alpha value is -4.73. The average Bonchev–Trinajstić information content (AvgIpc) is 3.72. The number of halogens is 3. The van der Waals surface area contributed by atoms with E-state index in [0.29, 0.717) is 24.3 Å². The van der Waals surface area contributed by atoms with E-state index in [2.05, 4.69) is 61.0 Å². The Labute approximate surface area is 359 Å². The van der Waals surface area contributed by atoms with Gasteiger partial charge < -0.3 is 19.7 Å². The van der Waals surface area contributed by atoms with Crippen LogP contribution >= 0.6 is 23.2 Å². The first-order chi connectivity index (χ1) is 28.7. The van der Waals surface area contributed by atoms with Gasteiger partial charge in [-0.2, -0.15) is 5.10 Å². The van der Waals surface area contributed by atoms with Crippen molar-refractivity contribution in [2.45, 2.75) is 56.5 Å². The Morgan fingerprint density at radius 2 is 1.73 bits per heavy atom. The fourth-order valence-corrected chi connectivity index (χ4v) is 9.48. The molecule has 0 atom stereocenters. The van der Waals surface area contributed by atoms with Crippen LogP contribution in [0.2, 0.25) is 10.0 Å². The third-order valence-corrected chi connectivity index (χ3v) is 13.6. The standard InChI is InChI=1S/C44H48Cl2FN7O5S/c1-43(2)13-12-30(35(24-43)29-6-8-31(45)9-7-29)27-53-16-18-54(19-17-53)32-10-11-34(40(22-32)59-39-5-3-4-38-36(39)26-50-51-38)42(55)52-60(56,57)33-23-37(46)41(48-25-33)49-28-44(47)14-20-58-21-15-44/h3-11,22-23,25-26H,12-21,24,27-28H2,1-2H3,(H,48,49)(H,50,51)(H,52,55). The van der Waals surface area contributed by atoms with Crippen molar-refractivity contribution in [3.05, 3.63) is 106 Å². The number of pyridine rings is 1. The smallest absolute Gasteiger partial charge is 0.268 e. The van der Waals surface area contributed by atoms with Crippen molar-refractivity contribution in [1.82, 2.24) is 24.8 Å². The first kappa shape index (κ1) is 42.0. The van der Waals surface area contributed by atoms with Crippen molar-refractivity contribution in [3.63, 3.8) is 0 Å². The van der Waals surface area contributed by atoms with Crippen molar-refractivity contribution in [2.24, 2.45) is 5.41 Å². The van der Waals surface area contributed by atoms with Crippen LogP contribution in [0.4, 0.5) is 15.9 Å². The van der Waals surface area contributed by atoms with Crippen LogP contribution in [-0.4, -0.2) is 92.6 Å². The molecule has 0 radical (unpaired) electrons. The number of amides is 1. The number of aromatic nitrogens is 3. The summed E-state index contributed by atoms with van der Waals surface area (Å²) < 4.78 is 56.1. The maximum Gasteiger partial charge on any atom is 0.268 e. The van der Waals surface area contributed by atoms with E-state index >= 15 is 4.39 Å². The molecule has 5 aromatic rings. The normalized spacial score (nSPS) is 18.4. The van der Waals surface area contributed by atoms with Crippen molar-refractivity contribution < 1.29 is 27.1 Å². The van der Waals surface area contributed by atoms with Gasteiger partial charge in [-0.05, 0) is 78.3 Å². The molecule has 8 rings (SSSR count). The van der Waals surface area contributed by atoms with Gasteiger partial charge >= 0.3 is 0 Å². The highest BCUT2D eigenvalue weighted by atomic mass is 35.5. The average molecular weight is 877 g/mol. The van der Waals surface area contributed by atoms with E-state index in [0.717, 1.165) is 74.4 Å². The molecule has 0 bridgehead atoms. The fraction of sp³-hybridized carbons (Fsp3) is 0.386. The Balaban J connectivity index is 0.994. The third-order valence-electron chi connectivity index (χ3n) is 11.7. The van der Waals surface area contributed by atoms with Crippen LogP contribution in [0.15, 0.2) is 89.6 Å². The lowest BCUT2D eigenvalue weighted by molar-refractivity contribution is -0.00119. The summed E-state index contributed by atoms with van der Waals surface area (Å²) in [5, 5.41) is 11.3.